The van der Waals surface area contributed by atoms with Gasteiger partial charge in [0, 0.05) is 6.54 Å². The molecule has 2 aromatic rings. The Balaban J connectivity index is 1.97. The lowest BCUT2D eigenvalue weighted by molar-refractivity contribution is -0.137. The molecule has 6 heteroatoms. The minimum Gasteiger partial charge on any atom is -0.324 e. The summed E-state index contributed by atoms with van der Waals surface area (Å²) in [5, 5.41) is 2.34. The molecule has 0 aliphatic carbocycles. The van der Waals surface area contributed by atoms with Crippen LogP contribution in [0.25, 0.3) is 0 Å². The van der Waals surface area contributed by atoms with Crippen molar-refractivity contribution in [2.75, 3.05) is 18.9 Å². The number of alkyl halides is 3. The fraction of sp³-hybridized carbons (Fsp3) is 0.278. The third kappa shape index (κ3) is 5.09. The van der Waals surface area contributed by atoms with Crippen LogP contribution in [0.3, 0.4) is 0 Å². The van der Waals surface area contributed by atoms with E-state index in [4.69, 9.17) is 0 Å². The van der Waals surface area contributed by atoms with Crippen molar-refractivity contribution < 1.29 is 18.0 Å². The van der Waals surface area contributed by atoms with Crippen LogP contribution in [0.5, 0.6) is 0 Å². The molecule has 0 fully saturated rings. The molecule has 128 valence electrons. The maximum Gasteiger partial charge on any atom is 0.418 e. The van der Waals surface area contributed by atoms with Gasteiger partial charge in [0.25, 0.3) is 0 Å². The monoisotopic (exact) mass is 336 g/mol. The summed E-state index contributed by atoms with van der Waals surface area (Å²) in [6, 6.07) is 12.8. The maximum atomic E-state index is 12.9. The van der Waals surface area contributed by atoms with Crippen LogP contribution in [0.15, 0.2) is 48.5 Å². The Labute approximate surface area is 139 Å². The molecule has 0 radical (unpaired) electrons. The van der Waals surface area contributed by atoms with Gasteiger partial charge in [0.2, 0.25) is 5.91 Å². The van der Waals surface area contributed by atoms with Crippen molar-refractivity contribution in [1.82, 2.24) is 4.90 Å². The maximum absolute atomic E-state index is 12.9. The van der Waals surface area contributed by atoms with Crippen LogP contribution in [-0.2, 0) is 17.5 Å². The van der Waals surface area contributed by atoms with Gasteiger partial charge < -0.3 is 5.32 Å². The Kier molecular flexibility index (Phi) is 5.62. The first-order valence-electron chi connectivity index (χ1n) is 7.46. The molecule has 0 saturated carbocycles. The molecule has 0 spiro atoms. The van der Waals surface area contributed by atoms with Gasteiger partial charge in [-0.3, -0.25) is 9.69 Å². The molecular formula is C18H19F3N2O. The minimum atomic E-state index is -4.50. The number of halogens is 3. The number of aryl methyl sites for hydroxylation is 1. The lowest BCUT2D eigenvalue weighted by Crippen LogP contribution is -2.30. The number of para-hydroxylation sites is 1. The van der Waals surface area contributed by atoms with Crippen molar-refractivity contribution in [1.29, 1.82) is 0 Å². The lowest BCUT2D eigenvalue weighted by Gasteiger charge is -2.18. The molecule has 0 heterocycles. The predicted molar refractivity (Wildman–Crippen MR) is 87.6 cm³/mol. The molecule has 0 bridgehead atoms. The van der Waals surface area contributed by atoms with Crippen molar-refractivity contribution in [3.8, 4) is 0 Å². The van der Waals surface area contributed by atoms with E-state index in [1.54, 1.807) is 11.9 Å². The third-order valence-corrected chi connectivity index (χ3v) is 3.49. The average molecular weight is 336 g/mol. The second-order valence-corrected chi connectivity index (χ2v) is 5.75. The van der Waals surface area contributed by atoms with E-state index in [1.807, 2.05) is 31.2 Å². The highest BCUT2D eigenvalue weighted by Gasteiger charge is 2.33. The molecule has 2 aromatic carbocycles. The Morgan fingerprint density at radius 1 is 1.08 bits per heavy atom. The molecule has 0 unspecified atom stereocenters. The zero-order valence-corrected chi connectivity index (χ0v) is 13.5. The predicted octanol–water partition coefficient (Wildman–Crippen LogP) is 4.08. The summed E-state index contributed by atoms with van der Waals surface area (Å²) < 4.78 is 38.8. The van der Waals surface area contributed by atoms with Crippen LogP contribution < -0.4 is 5.32 Å². The van der Waals surface area contributed by atoms with Gasteiger partial charge in [0.15, 0.2) is 0 Å². The van der Waals surface area contributed by atoms with Crippen LogP contribution >= 0.6 is 0 Å². The fourth-order valence-corrected chi connectivity index (χ4v) is 2.34. The average Bonchev–Trinajstić information content (AvgIpc) is 2.49. The quantitative estimate of drug-likeness (QED) is 0.892. The molecule has 3 nitrogen and oxygen atoms in total. The number of benzene rings is 2. The van der Waals surface area contributed by atoms with E-state index in [0.29, 0.717) is 6.54 Å². The van der Waals surface area contributed by atoms with Crippen molar-refractivity contribution in [2.45, 2.75) is 19.6 Å². The summed E-state index contributed by atoms with van der Waals surface area (Å²) in [5.74, 6) is -0.485. The van der Waals surface area contributed by atoms with Crippen LogP contribution in [0.4, 0.5) is 18.9 Å². The van der Waals surface area contributed by atoms with Crippen LogP contribution in [-0.4, -0.2) is 24.4 Å². The number of hydrogen-bond donors (Lipinski definition) is 1. The molecule has 0 atom stereocenters. The van der Waals surface area contributed by atoms with Gasteiger partial charge in [-0.1, -0.05) is 42.0 Å². The van der Waals surface area contributed by atoms with Crippen LogP contribution in [0, 0.1) is 6.92 Å². The highest BCUT2D eigenvalue weighted by atomic mass is 19.4. The number of carbonyl (C=O) groups excluding carboxylic acids is 1. The van der Waals surface area contributed by atoms with Gasteiger partial charge in [-0.05, 0) is 31.7 Å². The summed E-state index contributed by atoms with van der Waals surface area (Å²) in [4.78, 5) is 13.8. The largest absolute Gasteiger partial charge is 0.418 e. The van der Waals surface area contributed by atoms with Gasteiger partial charge in [0.05, 0.1) is 17.8 Å². The van der Waals surface area contributed by atoms with Crippen LogP contribution in [0.2, 0.25) is 0 Å². The molecule has 1 N–H and O–H groups in total. The van der Waals surface area contributed by atoms with Crippen molar-refractivity contribution >= 4 is 11.6 Å². The Morgan fingerprint density at radius 2 is 1.71 bits per heavy atom. The standard InChI is InChI=1S/C18H19F3N2O/c1-13-7-9-14(10-8-13)11-23(2)12-17(24)22-16-6-4-3-5-15(16)18(19,20)21/h3-10H,11-12H2,1-2H3,(H,22,24). The Morgan fingerprint density at radius 3 is 2.33 bits per heavy atom. The topological polar surface area (TPSA) is 32.3 Å². The molecule has 2 rings (SSSR count). The van der Waals surface area contributed by atoms with E-state index in [9.17, 15) is 18.0 Å². The molecule has 0 aliphatic heterocycles. The number of likely N-dealkylation sites (N-methyl/N-ethyl adjacent to an activating group) is 1. The molecule has 0 aromatic heterocycles. The molecule has 24 heavy (non-hydrogen) atoms. The first-order chi connectivity index (χ1) is 11.3. The number of hydrogen-bond acceptors (Lipinski definition) is 2. The smallest absolute Gasteiger partial charge is 0.324 e. The van der Waals surface area contributed by atoms with Gasteiger partial charge in [0.1, 0.15) is 0 Å². The number of anilines is 1. The third-order valence-electron chi connectivity index (χ3n) is 3.49. The SMILES string of the molecule is Cc1ccc(CN(C)CC(=O)Nc2ccccc2C(F)(F)F)cc1. The van der Waals surface area contributed by atoms with Gasteiger partial charge in [-0.25, -0.2) is 0 Å². The first-order valence-corrected chi connectivity index (χ1v) is 7.46. The van der Waals surface area contributed by atoms with E-state index in [2.05, 4.69) is 5.32 Å². The lowest BCUT2D eigenvalue weighted by atomic mass is 10.1. The van der Waals surface area contributed by atoms with E-state index < -0.39 is 17.6 Å². The normalized spacial score (nSPS) is 11.6. The molecular weight excluding hydrogens is 317 g/mol. The summed E-state index contributed by atoms with van der Waals surface area (Å²) in [6.45, 7) is 2.52. The number of rotatable bonds is 5. The minimum absolute atomic E-state index is 0.0000673. The summed E-state index contributed by atoms with van der Waals surface area (Å²) in [7, 11) is 1.75. The summed E-state index contributed by atoms with van der Waals surface area (Å²) in [6.07, 6.45) is -4.50. The van der Waals surface area contributed by atoms with Gasteiger partial charge in [-0.15, -0.1) is 0 Å². The first kappa shape index (κ1) is 18.0. The van der Waals surface area contributed by atoms with Crippen molar-refractivity contribution in [3.05, 3.63) is 65.2 Å². The summed E-state index contributed by atoms with van der Waals surface area (Å²) in [5.41, 5.74) is 1.10. The number of carbonyl (C=O) groups is 1. The molecule has 0 aliphatic rings. The zero-order valence-electron chi connectivity index (χ0n) is 13.5. The van der Waals surface area contributed by atoms with E-state index in [1.165, 1.54) is 18.2 Å². The number of amides is 1. The molecule has 1 amide bonds. The fourth-order valence-electron chi connectivity index (χ4n) is 2.34. The van der Waals surface area contributed by atoms with E-state index in [-0.39, 0.29) is 12.2 Å². The van der Waals surface area contributed by atoms with Gasteiger partial charge in [-0.2, -0.15) is 13.2 Å². The zero-order chi connectivity index (χ0) is 17.7. The van der Waals surface area contributed by atoms with Crippen molar-refractivity contribution in [3.63, 3.8) is 0 Å². The summed E-state index contributed by atoms with van der Waals surface area (Å²) >= 11 is 0. The highest BCUT2D eigenvalue weighted by Crippen LogP contribution is 2.34. The Bertz CT molecular complexity index is 696. The van der Waals surface area contributed by atoms with Crippen LogP contribution in [0.1, 0.15) is 16.7 Å². The second kappa shape index (κ2) is 7.49. The Hall–Kier alpha value is -2.34. The van der Waals surface area contributed by atoms with E-state index >= 15 is 0 Å². The molecule has 0 saturated heterocycles. The van der Waals surface area contributed by atoms with Gasteiger partial charge >= 0.3 is 6.18 Å². The highest BCUT2D eigenvalue weighted by molar-refractivity contribution is 5.93. The number of nitrogens with one attached hydrogen (secondary N) is 1. The number of nitrogens with zero attached hydrogens (tertiary/aromatic N) is 1. The van der Waals surface area contributed by atoms with Crippen molar-refractivity contribution in [2.24, 2.45) is 0 Å². The second-order valence-electron chi connectivity index (χ2n) is 5.75. The van der Waals surface area contributed by atoms with E-state index in [0.717, 1.165) is 17.2 Å².